The molecular weight excluding hydrogens is 184 g/mol. The lowest BCUT2D eigenvalue weighted by atomic mass is 10.3. The van der Waals surface area contributed by atoms with Gasteiger partial charge in [0.05, 0.1) is 6.54 Å². The number of aliphatic hydroxyl groups excluding tert-OH is 1. The normalized spacial score (nSPS) is 14.9. The van der Waals surface area contributed by atoms with Gasteiger partial charge < -0.3 is 15.7 Å². The Hall–Kier alpha value is -1.10. The van der Waals surface area contributed by atoms with Gasteiger partial charge in [-0.15, -0.1) is 0 Å². The molecule has 0 bridgehead atoms. The standard InChI is InChI=1S/C9H16N2O3/c12-5-1-2-8(13)10-6-9(14)11-7-3-4-7/h7,12H,1-6H2,(H,10,13)(H,11,14). The van der Waals surface area contributed by atoms with Crippen LogP contribution in [0.1, 0.15) is 25.7 Å². The molecule has 0 aromatic rings. The Kier molecular flexibility index (Phi) is 4.39. The Balaban J connectivity index is 2.00. The van der Waals surface area contributed by atoms with Crippen molar-refractivity contribution in [3.8, 4) is 0 Å². The summed E-state index contributed by atoms with van der Waals surface area (Å²) in [5.41, 5.74) is 0. The molecule has 0 spiro atoms. The molecule has 2 amide bonds. The molecule has 1 aliphatic carbocycles. The molecular formula is C9H16N2O3. The topological polar surface area (TPSA) is 78.4 Å². The van der Waals surface area contributed by atoms with Crippen LogP contribution in [0.15, 0.2) is 0 Å². The van der Waals surface area contributed by atoms with Crippen LogP contribution in [-0.2, 0) is 9.59 Å². The first-order valence-electron chi connectivity index (χ1n) is 4.89. The number of carbonyl (C=O) groups is 2. The van der Waals surface area contributed by atoms with Gasteiger partial charge in [-0.3, -0.25) is 9.59 Å². The summed E-state index contributed by atoms with van der Waals surface area (Å²) in [6, 6.07) is 0.330. The molecule has 1 fully saturated rings. The zero-order valence-corrected chi connectivity index (χ0v) is 8.08. The number of hydrogen-bond donors (Lipinski definition) is 3. The lowest BCUT2D eigenvalue weighted by Gasteiger charge is -2.04. The summed E-state index contributed by atoms with van der Waals surface area (Å²) in [4.78, 5) is 22.1. The van der Waals surface area contributed by atoms with E-state index in [1.165, 1.54) is 0 Å². The molecule has 0 unspecified atom stereocenters. The minimum absolute atomic E-state index is 0.00168. The molecule has 5 heteroatoms. The van der Waals surface area contributed by atoms with Crippen LogP contribution in [0.5, 0.6) is 0 Å². The highest BCUT2D eigenvalue weighted by atomic mass is 16.3. The number of nitrogens with one attached hydrogen (secondary N) is 2. The zero-order chi connectivity index (χ0) is 10.4. The number of rotatable bonds is 6. The number of hydrogen-bond acceptors (Lipinski definition) is 3. The van der Waals surface area contributed by atoms with Gasteiger partial charge in [-0.05, 0) is 19.3 Å². The average Bonchev–Trinajstić information content (AvgIpc) is 2.95. The minimum Gasteiger partial charge on any atom is -0.396 e. The van der Waals surface area contributed by atoms with E-state index < -0.39 is 0 Å². The van der Waals surface area contributed by atoms with Gasteiger partial charge in [-0.2, -0.15) is 0 Å². The lowest BCUT2D eigenvalue weighted by Crippen LogP contribution is -2.37. The number of carbonyl (C=O) groups excluding carboxylic acids is 2. The maximum atomic E-state index is 11.1. The third-order valence-electron chi connectivity index (χ3n) is 1.95. The summed E-state index contributed by atoms with van der Waals surface area (Å²) in [6.07, 6.45) is 2.80. The molecule has 0 heterocycles. The Morgan fingerprint density at radius 2 is 2.00 bits per heavy atom. The fourth-order valence-electron chi connectivity index (χ4n) is 1.01. The van der Waals surface area contributed by atoms with Crippen LogP contribution in [0, 0.1) is 0 Å². The summed E-state index contributed by atoms with van der Waals surface area (Å²) in [7, 11) is 0. The quantitative estimate of drug-likeness (QED) is 0.523. The van der Waals surface area contributed by atoms with Gasteiger partial charge in [-0.1, -0.05) is 0 Å². The van der Waals surface area contributed by atoms with Crippen molar-refractivity contribution in [1.82, 2.24) is 10.6 Å². The SMILES string of the molecule is O=C(CCCO)NCC(=O)NC1CC1. The highest BCUT2D eigenvalue weighted by molar-refractivity contribution is 5.84. The second kappa shape index (κ2) is 5.59. The summed E-state index contributed by atoms with van der Waals surface area (Å²) in [5, 5.41) is 13.7. The summed E-state index contributed by atoms with van der Waals surface area (Å²) in [6.45, 7) is 0.0441. The maximum absolute atomic E-state index is 11.1. The third kappa shape index (κ3) is 4.81. The first-order chi connectivity index (χ1) is 6.72. The largest absolute Gasteiger partial charge is 0.396 e. The molecule has 80 valence electrons. The van der Waals surface area contributed by atoms with Gasteiger partial charge >= 0.3 is 0 Å². The monoisotopic (exact) mass is 200 g/mol. The van der Waals surface area contributed by atoms with Gasteiger partial charge in [0.15, 0.2) is 0 Å². The van der Waals surface area contributed by atoms with E-state index in [2.05, 4.69) is 10.6 Å². The van der Waals surface area contributed by atoms with Crippen molar-refractivity contribution in [2.24, 2.45) is 0 Å². The predicted octanol–water partition coefficient (Wildman–Crippen LogP) is -0.846. The second-order valence-corrected chi connectivity index (χ2v) is 3.45. The lowest BCUT2D eigenvalue weighted by molar-refractivity contribution is -0.126. The van der Waals surface area contributed by atoms with Gasteiger partial charge in [0.1, 0.15) is 0 Å². The smallest absolute Gasteiger partial charge is 0.239 e. The number of amides is 2. The Labute approximate surface area is 82.9 Å². The molecule has 5 nitrogen and oxygen atoms in total. The van der Waals surface area contributed by atoms with E-state index in [0.29, 0.717) is 12.5 Å². The van der Waals surface area contributed by atoms with E-state index in [9.17, 15) is 9.59 Å². The maximum Gasteiger partial charge on any atom is 0.239 e. The molecule has 0 aromatic carbocycles. The molecule has 14 heavy (non-hydrogen) atoms. The van der Waals surface area contributed by atoms with E-state index in [1.807, 2.05) is 0 Å². The zero-order valence-electron chi connectivity index (χ0n) is 8.08. The van der Waals surface area contributed by atoms with Crippen molar-refractivity contribution in [2.45, 2.75) is 31.7 Å². The van der Waals surface area contributed by atoms with Crippen LogP contribution in [0.2, 0.25) is 0 Å². The predicted molar refractivity (Wildman–Crippen MR) is 50.5 cm³/mol. The van der Waals surface area contributed by atoms with E-state index in [0.717, 1.165) is 12.8 Å². The van der Waals surface area contributed by atoms with Crippen molar-refractivity contribution in [3.05, 3.63) is 0 Å². The van der Waals surface area contributed by atoms with Crippen LogP contribution in [-0.4, -0.2) is 36.1 Å². The minimum atomic E-state index is -0.190. The molecule has 0 aromatic heterocycles. The van der Waals surface area contributed by atoms with Crippen LogP contribution >= 0.6 is 0 Å². The fourth-order valence-corrected chi connectivity index (χ4v) is 1.01. The molecule has 1 saturated carbocycles. The first kappa shape index (κ1) is 11.0. The van der Waals surface area contributed by atoms with Crippen molar-refractivity contribution in [3.63, 3.8) is 0 Å². The second-order valence-electron chi connectivity index (χ2n) is 3.45. The van der Waals surface area contributed by atoms with E-state index in [1.54, 1.807) is 0 Å². The third-order valence-corrected chi connectivity index (χ3v) is 1.95. The molecule has 3 N–H and O–H groups in total. The highest BCUT2D eigenvalue weighted by Crippen LogP contribution is 2.18. The Bertz CT molecular complexity index is 214. The summed E-state index contributed by atoms with van der Waals surface area (Å²) >= 11 is 0. The fraction of sp³-hybridized carbons (Fsp3) is 0.778. The van der Waals surface area contributed by atoms with E-state index >= 15 is 0 Å². The van der Waals surface area contributed by atoms with Gasteiger partial charge in [0.25, 0.3) is 0 Å². The van der Waals surface area contributed by atoms with Gasteiger partial charge in [-0.25, -0.2) is 0 Å². The van der Waals surface area contributed by atoms with Crippen LogP contribution in [0.25, 0.3) is 0 Å². The van der Waals surface area contributed by atoms with Crippen molar-refractivity contribution < 1.29 is 14.7 Å². The molecule has 0 saturated heterocycles. The molecule has 0 aliphatic heterocycles. The van der Waals surface area contributed by atoms with Crippen LogP contribution in [0.4, 0.5) is 0 Å². The molecule has 1 aliphatic rings. The summed E-state index contributed by atoms with van der Waals surface area (Å²) in [5.74, 6) is -0.324. The van der Waals surface area contributed by atoms with Crippen LogP contribution < -0.4 is 10.6 Å². The highest BCUT2D eigenvalue weighted by Gasteiger charge is 2.22. The Morgan fingerprint density at radius 3 is 2.57 bits per heavy atom. The van der Waals surface area contributed by atoms with Crippen molar-refractivity contribution in [1.29, 1.82) is 0 Å². The van der Waals surface area contributed by atoms with E-state index in [4.69, 9.17) is 5.11 Å². The molecule has 0 radical (unpaired) electrons. The summed E-state index contributed by atoms with van der Waals surface area (Å²) < 4.78 is 0. The van der Waals surface area contributed by atoms with Crippen molar-refractivity contribution in [2.75, 3.05) is 13.2 Å². The van der Waals surface area contributed by atoms with Gasteiger partial charge in [0.2, 0.25) is 11.8 Å². The average molecular weight is 200 g/mol. The van der Waals surface area contributed by atoms with E-state index in [-0.39, 0.29) is 31.4 Å². The number of aliphatic hydroxyl groups is 1. The molecule has 0 atom stereocenters. The van der Waals surface area contributed by atoms with Crippen molar-refractivity contribution >= 4 is 11.8 Å². The first-order valence-corrected chi connectivity index (χ1v) is 4.89. The van der Waals surface area contributed by atoms with Crippen LogP contribution in [0.3, 0.4) is 0 Å². The Morgan fingerprint density at radius 1 is 1.29 bits per heavy atom. The molecule has 1 rings (SSSR count). The van der Waals surface area contributed by atoms with Gasteiger partial charge in [0, 0.05) is 19.1 Å².